The Hall–Kier alpha value is -1.39. The van der Waals surface area contributed by atoms with Gasteiger partial charge in [0.25, 0.3) is 0 Å². The van der Waals surface area contributed by atoms with E-state index in [-0.39, 0.29) is 11.9 Å². The van der Waals surface area contributed by atoms with Crippen LogP contribution in [0.3, 0.4) is 0 Å². The highest BCUT2D eigenvalue weighted by Crippen LogP contribution is 2.21. The van der Waals surface area contributed by atoms with Gasteiger partial charge in [-0.2, -0.15) is 0 Å². The van der Waals surface area contributed by atoms with Gasteiger partial charge in [0.05, 0.1) is 0 Å². The van der Waals surface area contributed by atoms with Gasteiger partial charge in [-0.1, -0.05) is 51.1 Å². The maximum Gasteiger partial charge on any atom is 0.221 e. The minimum absolute atomic E-state index is 0.0439. The molecule has 1 heterocycles. The first-order chi connectivity index (χ1) is 11.5. The zero-order chi connectivity index (χ0) is 17.5. The number of likely N-dealkylation sites (tertiary alicyclic amines) is 1. The van der Waals surface area contributed by atoms with E-state index in [0.717, 1.165) is 24.6 Å². The molecule has 1 saturated heterocycles. The fourth-order valence-corrected chi connectivity index (χ4v) is 3.46. The Labute approximate surface area is 146 Å². The summed E-state index contributed by atoms with van der Waals surface area (Å²) in [6.07, 6.45) is 2.86. The molecule has 2 atom stereocenters. The molecule has 1 aromatic rings. The summed E-state index contributed by atoms with van der Waals surface area (Å²) in [5, 5.41) is 3.11. The van der Waals surface area contributed by atoms with Crippen molar-refractivity contribution in [1.82, 2.24) is 10.2 Å². The molecule has 1 aliphatic heterocycles. The van der Waals surface area contributed by atoms with Crippen LogP contribution in [0.25, 0.3) is 0 Å². The first-order valence-corrected chi connectivity index (χ1v) is 9.28. The SMILES string of the molecule is CC1CCN(C(CNC(=O)CC(N)c2ccccc2)C(C)C)CC1. The Morgan fingerprint density at radius 2 is 1.88 bits per heavy atom. The molecule has 134 valence electrons. The molecule has 2 unspecified atom stereocenters. The van der Waals surface area contributed by atoms with Gasteiger partial charge in [0, 0.05) is 25.0 Å². The molecule has 4 nitrogen and oxygen atoms in total. The summed E-state index contributed by atoms with van der Waals surface area (Å²) < 4.78 is 0. The first kappa shape index (κ1) is 18.9. The Balaban J connectivity index is 1.82. The Bertz CT molecular complexity index is 495. The van der Waals surface area contributed by atoms with Gasteiger partial charge >= 0.3 is 0 Å². The number of carbonyl (C=O) groups excluding carboxylic acids is 1. The quantitative estimate of drug-likeness (QED) is 0.807. The monoisotopic (exact) mass is 331 g/mol. The maximum absolute atomic E-state index is 12.3. The number of benzene rings is 1. The molecule has 1 fully saturated rings. The second-order valence-electron chi connectivity index (χ2n) is 7.56. The van der Waals surface area contributed by atoms with Crippen LogP contribution in [0.1, 0.15) is 51.6 Å². The number of nitrogens with two attached hydrogens (primary N) is 1. The molecule has 0 spiro atoms. The molecular weight excluding hydrogens is 298 g/mol. The molecule has 4 heteroatoms. The molecule has 24 heavy (non-hydrogen) atoms. The molecule has 3 N–H and O–H groups in total. The number of hydrogen-bond donors (Lipinski definition) is 2. The predicted molar refractivity (Wildman–Crippen MR) is 99.6 cm³/mol. The third-order valence-electron chi connectivity index (χ3n) is 5.20. The fraction of sp³-hybridized carbons (Fsp3) is 0.650. The number of carbonyl (C=O) groups is 1. The van der Waals surface area contributed by atoms with Crippen LogP contribution in [-0.2, 0) is 4.79 Å². The lowest BCUT2D eigenvalue weighted by atomic mass is 9.94. The second kappa shape index (κ2) is 9.19. The summed E-state index contributed by atoms with van der Waals surface area (Å²) in [5.74, 6) is 1.40. The standard InChI is InChI=1S/C20H33N3O/c1-15(2)19(23-11-9-16(3)10-12-23)14-22-20(24)13-18(21)17-7-5-4-6-8-17/h4-8,15-16,18-19H,9-14,21H2,1-3H3,(H,22,24). The van der Waals surface area contributed by atoms with Crippen molar-refractivity contribution in [2.75, 3.05) is 19.6 Å². The van der Waals surface area contributed by atoms with Crippen LogP contribution in [0.2, 0.25) is 0 Å². The van der Waals surface area contributed by atoms with E-state index >= 15 is 0 Å². The van der Waals surface area contributed by atoms with E-state index in [0.29, 0.717) is 24.9 Å². The zero-order valence-electron chi connectivity index (χ0n) is 15.4. The van der Waals surface area contributed by atoms with Gasteiger partial charge in [0.15, 0.2) is 0 Å². The second-order valence-corrected chi connectivity index (χ2v) is 7.56. The van der Waals surface area contributed by atoms with Gasteiger partial charge < -0.3 is 11.1 Å². The van der Waals surface area contributed by atoms with Gasteiger partial charge in [0.2, 0.25) is 5.91 Å². The van der Waals surface area contributed by atoms with E-state index in [4.69, 9.17) is 5.73 Å². The largest absolute Gasteiger partial charge is 0.354 e. The van der Waals surface area contributed by atoms with E-state index in [1.54, 1.807) is 0 Å². The Morgan fingerprint density at radius 3 is 2.46 bits per heavy atom. The van der Waals surface area contributed by atoms with Gasteiger partial charge in [-0.25, -0.2) is 0 Å². The maximum atomic E-state index is 12.3. The topological polar surface area (TPSA) is 58.4 Å². The summed E-state index contributed by atoms with van der Waals surface area (Å²) in [4.78, 5) is 14.8. The summed E-state index contributed by atoms with van der Waals surface area (Å²) in [6, 6.07) is 10.0. The molecule has 1 aromatic carbocycles. The highest BCUT2D eigenvalue weighted by molar-refractivity contribution is 5.76. The molecule has 0 aromatic heterocycles. The molecular formula is C20H33N3O. The van der Waals surface area contributed by atoms with Gasteiger partial charge in [0.1, 0.15) is 0 Å². The van der Waals surface area contributed by atoms with Crippen LogP contribution in [-0.4, -0.2) is 36.5 Å². The van der Waals surface area contributed by atoms with Crippen molar-refractivity contribution >= 4 is 5.91 Å². The van der Waals surface area contributed by atoms with Crippen LogP contribution < -0.4 is 11.1 Å². The number of nitrogens with zero attached hydrogens (tertiary/aromatic N) is 1. The van der Waals surface area contributed by atoms with Crippen molar-refractivity contribution in [3.8, 4) is 0 Å². The van der Waals surface area contributed by atoms with Crippen LogP contribution in [0, 0.1) is 11.8 Å². The van der Waals surface area contributed by atoms with E-state index in [1.165, 1.54) is 12.8 Å². The molecule has 0 aliphatic carbocycles. The minimum Gasteiger partial charge on any atom is -0.354 e. The van der Waals surface area contributed by atoms with Crippen LogP contribution in [0.5, 0.6) is 0 Å². The average Bonchev–Trinajstić information content (AvgIpc) is 2.57. The van der Waals surface area contributed by atoms with Gasteiger partial charge in [-0.3, -0.25) is 9.69 Å². The summed E-state index contributed by atoms with van der Waals surface area (Å²) in [6.45, 7) is 9.81. The van der Waals surface area contributed by atoms with Crippen molar-refractivity contribution in [2.24, 2.45) is 17.6 Å². The molecule has 1 amide bonds. The minimum atomic E-state index is -0.237. The average molecular weight is 332 g/mol. The Kier molecular flexibility index (Phi) is 7.25. The third-order valence-corrected chi connectivity index (χ3v) is 5.20. The smallest absolute Gasteiger partial charge is 0.221 e. The lowest BCUT2D eigenvalue weighted by Gasteiger charge is -2.39. The van der Waals surface area contributed by atoms with Crippen molar-refractivity contribution in [3.63, 3.8) is 0 Å². The van der Waals surface area contributed by atoms with Crippen molar-refractivity contribution in [1.29, 1.82) is 0 Å². The molecule has 0 saturated carbocycles. The number of hydrogen-bond acceptors (Lipinski definition) is 3. The first-order valence-electron chi connectivity index (χ1n) is 9.28. The number of rotatable bonds is 7. The third kappa shape index (κ3) is 5.60. The van der Waals surface area contributed by atoms with Crippen molar-refractivity contribution in [2.45, 2.75) is 52.1 Å². The highest BCUT2D eigenvalue weighted by atomic mass is 16.1. The van der Waals surface area contributed by atoms with Gasteiger partial charge in [-0.05, 0) is 43.3 Å². The molecule has 2 rings (SSSR count). The summed E-state index contributed by atoms with van der Waals surface area (Å²) >= 11 is 0. The highest BCUT2D eigenvalue weighted by Gasteiger charge is 2.26. The number of amides is 1. The van der Waals surface area contributed by atoms with Crippen molar-refractivity contribution < 1.29 is 4.79 Å². The lowest BCUT2D eigenvalue weighted by Crippen LogP contribution is -2.49. The molecule has 1 aliphatic rings. The number of piperidine rings is 1. The Morgan fingerprint density at radius 1 is 1.25 bits per heavy atom. The zero-order valence-corrected chi connectivity index (χ0v) is 15.4. The summed E-state index contributed by atoms with van der Waals surface area (Å²) in [5.41, 5.74) is 7.16. The van der Waals surface area contributed by atoms with E-state index in [9.17, 15) is 4.79 Å². The lowest BCUT2D eigenvalue weighted by molar-refractivity contribution is -0.121. The van der Waals surface area contributed by atoms with E-state index in [2.05, 4.69) is 31.0 Å². The summed E-state index contributed by atoms with van der Waals surface area (Å²) in [7, 11) is 0. The van der Waals surface area contributed by atoms with E-state index in [1.807, 2.05) is 30.3 Å². The van der Waals surface area contributed by atoms with E-state index < -0.39 is 0 Å². The van der Waals surface area contributed by atoms with Crippen LogP contribution in [0.4, 0.5) is 0 Å². The normalized spacial score (nSPS) is 19.2. The van der Waals surface area contributed by atoms with Crippen molar-refractivity contribution in [3.05, 3.63) is 35.9 Å². The number of nitrogens with one attached hydrogen (secondary N) is 1. The van der Waals surface area contributed by atoms with Gasteiger partial charge in [-0.15, -0.1) is 0 Å². The fourth-order valence-electron chi connectivity index (χ4n) is 3.46. The van der Waals surface area contributed by atoms with Crippen LogP contribution in [0.15, 0.2) is 30.3 Å². The van der Waals surface area contributed by atoms with Crippen LogP contribution >= 0.6 is 0 Å². The molecule has 0 bridgehead atoms. The molecule has 0 radical (unpaired) electrons. The predicted octanol–water partition coefficient (Wildman–Crippen LogP) is 2.95.